The highest BCUT2D eigenvalue weighted by molar-refractivity contribution is 7.87. The van der Waals surface area contributed by atoms with Crippen LogP contribution in [0.4, 0.5) is 0 Å². The van der Waals surface area contributed by atoms with E-state index in [0.717, 1.165) is 68.4 Å². The number of aromatic nitrogens is 1. The minimum atomic E-state index is -3.88. The number of methoxy groups -OCH3 is 1. The van der Waals surface area contributed by atoms with Crippen LogP contribution in [0.15, 0.2) is 42.2 Å². The molecule has 1 aromatic heterocycles. The fraction of sp³-hybridized carbons (Fsp3) is 0.622. The van der Waals surface area contributed by atoms with Gasteiger partial charge in [0.05, 0.1) is 12.5 Å². The number of likely N-dealkylation sites (tertiary alicyclic amines) is 2. The van der Waals surface area contributed by atoms with Crippen LogP contribution in [-0.4, -0.2) is 90.8 Å². The second kappa shape index (κ2) is 11.2. The molecule has 6 unspecified atom stereocenters. The fourth-order valence-corrected chi connectivity index (χ4v) is 11.6. The van der Waals surface area contributed by atoms with Crippen molar-refractivity contribution in [3.8, 4) is 0 Å². The molecule has 0 radical (unpaired) electrons. The molecule has 3 saturated heterocycles. The molecule has 7 aliphatic rings. The number of fused-ring (bicyclic) bond motifs is 9. The van der Waals surface area contributed by atoms with Crippen LogP contribution >= 0.6 is 0 Å². The minimum absolute atomic E-state index is 0.0880. The summed E-state index contributed by atoms with van der Waals surface area (Å²) in [7, 11) is -2.16. The van der Waals surface area contributed by atoms with Crippen molar-refractivity contribution in [3.63, 3.8) is 0 Å². The van der Waals surface area contributed by atoms with Crippen molar-refractivity contribution < 1.29 is 22.7 Å². The molecule has 1 N–H and O–H groups in total. The van der Waals surface area contributed by atoms with E-state index in [1.165, 1.54) is 34.8 Å². The number of allylic oxidation sites excluding steroid dienone is 3. The van der Waals surface area contributed by atoms with Gasteiger partial charge in [-0.05, 0) is 86.3 Å². The lowest BCUT2D eigenvalue weighted by Crippen LogP contribution is -2.51. The van der Waals surface area contributed by atoms with Gasteiger partial charge in [0, 0.05) is 72.9 Å². The van der Waals surface area contributed by atoms with Crippen molar-refractivity contribution in [3.05, 3.63) is 59.0 Å². The molecule has 11 heteroatoms. The van der Waals surface area contributed by atoms with E-state index >= 15 is 0 Å². The van der Waals surface area contributed by atoms with Crippen LogP contribution in [0, 0.1) is 17.3 Å². The van der Waals surface area contributed by atoms with E-state index in [0.29, 0.717) is 43.1 Å². The molecule has 0 spiro atoms. The smallest absolute Gasteiger partial charge is 0.304 e. The lowest BCUT2D eigenvalue weighted by Gasteiger charge is -2.36. The predicted octanol–water partition coefficient (Wildman–Crippen LogP) is 4.49. The van der Waals surface area contributed by atoms with Crippen LogP contribution in [0.5, 0.6) is 0 Å². The van der Waals surface area contributed by atoms with E-state index in [-0.39, 0.29) is 23.8 Å². The van der Waals surface area contributed by atoms with Crippen LogP contribution in [0.1, 0.15) is 91.7 Å². The van der Waals surface area contributed by atoms with Gasteiger partial charge in [0.2, 0.25) is 5.91 Å². The zero-order chi connectivity index (χ0) is 32.9. The van der Waals surface area contributed by atoms with E-state index in [4.69, 9.17) is 4.74 Å². The number of likely N-dealkylation sites (N-methyl/N-ethyl adjacent to an activating group) is 1. The number of benzene rings is 1. The van der Waals surface area contributed by atoms with Crippen molar-refractivity contribution in [2.24, 2.45) is 17.3 Å². The molecular formula is C37H47N5O5S. The highest BCUT2D eigenvalue weighted by Gasteiger charge is 2.67. The molecule has 5 fully saturated rings. The Balaban J connectivity index is 1.17. The van der Waals surface area contributed by atoms with Crippen molar-refractivity contribution in [2.75, 3.05) is 39.8 Å². The third-order valence-electron chi connectivity index (χ3n) is 13.1. The summed E-state index contributed by atoms with van der Waals surface area (Å²) in [6.07, 6.45) is 15.2. The first-order chi connectivity index (χ1) is 23.2. The number of amides is 2. The molecule has 256 valence electrons. The first kappa shape index (κ1) is 30.9. The van der Waals surface area contributed by atoms with Gasteiger partial charge in [-0.3, -0.25) is 14.5 Å². The van der Waals surface area contributed by atoms with Crippen molar-refractivity contribution in [2.45, 2.75) is 88.8 Å². The molecule has 2 aromatic rings. The highest BCUT2D eigenvalue weighted by Crippen LogP contribution is 2.66. The summed E-state index contributed by atoms with van der Waals surface area (Å²) in [6.45, 7) is 6.44. The molecular weight excluding hydrogens is 627 g/mol. The van der Waals surface area contributed by atoms with E-state index in [2.05, 4.69) is 44.2 Å². The second-order valence-corrected chi connectivity index (χ2v) is 17.1. The van der Waals surface area contributed by atoms with Crippen molar-refractivity contribution in [1.29, 1.82) is 0 Å². The number of nitrogens with one attached hydrogen (secondary N) is 1. The lowest BCUT2D eigenvalue weighted by atomic mass is 9.75. The number of piperazine rings is 1. The van der Waals surface area contributed by atoms with Crippen LogP contribution in [0.2, 0.25) is 0 Å². The Morgan fingerprint density at radius 3 is 2.56 bits per heavy atom. The maximum absolute atomic E-state index is 14.9. The molecule has 9 rings (SSSR count). The molecule has 5 heterocycles. The average Bonchev–Trinajstić information content (AvgIpc) is 3.30. The van der Waals surface area contributed by atoms with Crippen LogP contribution in [-0.2, 0) is 26.3 Å². The zero-order valence-corrected chi connectivity index (χ0v) is 28.9. The minimum Gasteiger partial charge on any atom is -0.497 e. The molecule has 4 aliphatic heterocycles. The van der Waals surface area contributed by atoms with Crippen LogP contribution < -0.4 is 4.72 Å². The number of nitrogens with zero attached hydrogens (tertiary/aromatic N) is 4. The number of hydrogen-bond donors (Lipinski definition) is 1. The number of rotatable bonds is 7. The third kappa shape index (κ3) is 4.59. The molecule has 1 aromatic carbocycles. The van der Waals surface area contributed by atoms with Crippen molar-refractivity contribution >= 4 is 32.9 Å². The Kier molecular flexibility index (Phi) is 7.19. The predicted molar refractivity (Wildman–Crippen MR) is 182 cm³/mol. The van der Waals surface area contributed by atoms with E-state index < -0.39 is 21.5 Å². The Labute approximate surface area is 283 Å². The van der Waals surface area contributed by atoms with Gasteiger partial charge in [-0.1, -0.05) is 38.3 Å². The standard InChI is InChI=1S/C37H47N5O5S/c1-3-39-20-26-17-25(39)21-41(26)36(44)37-19-31(37)30-18-27(47-2)11-13-28(30)34-33(23-8-5-4-6-9-23)29-12-10-24(16-32(29)42(34)22-37)35(43)38-48(45,46)40-14-7-15-40/h10-13,16,18,23,25-26,28,30-31H,3-9,14-15,17,19-22H2,1-2H3,(H,38,43). The zero-order valence-electron chi connectivity index (χ0n) is 28.1. The highest BCUT2D eigenvalue weighted by atomic mass is 32.2. The maximum Gasteiger partial charge on any atom is 0.304 e. The van der Waals surface area contributed by atoms with Crippen molar-refractivity contribution in [1.82, 2.24) is 23.4 Å². The van der Waals surface area contributed by atoms with Gasteiger partial charge < -0.3 is 14.2 Å². The second-order valence-electron chi connectivity index (χ2n) is 15.4. The summed E-state index contributed by atoms with van der Waals surface area (Å²) in [6, 6.07) is 6.44. The quantitative estimate of drug-likeness (QED) is 0.465. The van der Waals surface area contributed by atoms with E-state index in [1.807, 2.05) is 12.1 Å². The lowest BCUT2D eigenvalue weighted by molar-refractivity contribution is -0.140. The van der Waals surface area contributed by atoms with Gasteiger partial charge in [-0.2, -0.15) is 12.7 Å². The number of carbonyl (C=O) groups excluding carboxylic acids is 2. The van der Waals surface area contributed by atoms with Gasteiger partial charge in [0.15, 0.2) is 0 Å². The van der Waals surface area contributed by atoms with Crippen LogP contribution in [0.25, 0.3) is 10.9 Å². The van der Waals surface area contributed by atoms with E-state index in [9.17, 15) is 18.0 Å². The SMILES string of the molecule is CCN1CC2CC1CN2C(=O)C12CC1C1C=C(OC)C=CC1c1c(C3CCCCC3)c3ccc(C(=O)NS(=O)(=O)N4CCC4)cc3n1C2. The molecule has 3 aliphatic carbocycles. The molecule has 10 nitrogen and oxygen atoms in total. The fourth-order valence-electron chi connectivity index (χ4n) is 10.4. The first-order valence-electron chi connectivity index (χ1n) is 18.2. The van der Waals surface area contributed by atoms with Gasteiger partial charge >= 0.3 is 10.2 Å². The first-order valence-corrected chi connectivity index (χ1v) is 19.6. The topological polar surface area (TPSA) is 104 Å². The Morgan fingerprint density at radius 1 is 1.06 bits per heavy atom. The summed E-state index contributed by atoms with van der Waals surface area (Å²) < 4.78 is 37.5. The maximum atomic E-state index is 14.9. The number of ether oxygens (including phenoxy) is 1. The summed E-state index contributed by atoms with van der Waals surface area (Å²) >= 11 is 0. The molecule has 2 amide bonds. The Hall–Kier alpha value is -3.15. The third-order valence-corrected chi connectivity index (χ3v) is 14.6. The summed E-state index contributed by atoms with van der Waals surface area (Å²) in [5.74, 6) is 1.37. The Bertz CT molecular complexity index is 1860. The van der Waals surface area contributed by atoms with Gasteiger partial charge in [-0.25, -0.2) is 4.72 Å². The van der Waals surface area contributed by atoms with Crippen LogP contribution in [0.3, 0.4) is 0 Å². The molecule has 6 atom stereocenters. The monoisotopic (exact) mass is 673 g/mol. The van der Waals surface area contributed by atoms with Gasteiger partial charge in [0.1, 0.15) is 5.76 Å². The normalized spacial score (nSPS) is 33.0. The molecule has 48 heavy (non-hydrogen) atoms. The summed E-state index contributed by atoms with van der Waals surface area (Å²) in [4.78, 5) is 33.1. The summed E-state index contributed by atoms with van der Waals surface area (Å²) in [5.41, 5.74) is 3.38. The average molecular weight is 674 g/mol. The number of carbonyl (C=O) groups is 2. The summed E-state index contributed by atoms with van der Waals surface area (Å²) in [5, 5.41) is 1.13. The Morgan fingerprint density at radius 2 is 1.88 bits per heavy atom. The molecule has 2 bridgehead atoms. The molecule has 2 saturated carbocycles. The van der Waals surface area contributed by atoms with Gasteiger partial charge in [0.25, 0.3) is 5.91 Å². The van der Waals surface area contributed by atoms with Gasteiger partial charge in [-0.15, -0.1) is 0 Å². The largest absolute Gasteiger partial charge is 0.497 e. The van der Waals surface area contributed by atoms with E-state index in [1.54, 1.807) is 13.2 Å². The number of hydrogen-bond acceptors (Lipinski definition) is 6.